The molecule has 0 bridgehead atoms. The second-order valence-corrected chi connectivity index (χ2v) is 6.55. The third-order valence-corrected chi connectivity index (χ3v) is 4.26. The molecule has 0 radical (unpaired) electrons. The van der Waals surface area contributed by atoms with Crippen molar-refractivity contribution in [2.45, 2.75) is 6.92 Å². The van der Waals surface area contributed by atoms with Crippen LogP contribution in [0.2, 0.25) is 0 Å². The lowest BCUT2D eigenvalue weighted by molar-refractivity contribution is 0.0697. The van der Waals surface area contributed by atoms with Gasteiger partial charge in [0.05, 0.1) is 18.0 Å². The molecule has 2 heterocycles. The van der Waals surface area contributed by atoms with Crippen molar-refractivity contribution in [2.24, 2.45) is 14.1 Å². The molecule has 0 amide bonds. The normalized spacial score (nSPS) is 10.2. The van der Waals surface area contributed by atoms with E-state index in [-0.39, 0.29) is 0 Å². The van der Waals surface area contributed by atoms with E-state index < -0.39 is 5.97 Å². The minimum Gasteiger partial charge on any atom is -0.478 e. The fraction of sp³-hybridized carbons (Fsp3) is 0.136. The number of aromatic carboxylic acids is 1. The second-order valence-electron chi connectivity index (χ2n) is 6.55. The van der Waals surface area contributed by atoms with Crippen molar-refractivity contribution in [1.29, 1.82) is 0 Å². The Labute approximate surface area is 163 Å². The van der Waals surface area contributed by atoms with Crippen LogP contribution < -0.4 is 0 Å². The van der Waals surface area contributed by atoms with Crippen molar-refractivity contribution >= 4 is 5.97 Å². The standard InChI is InChI=1S/C11H10N2O2.C11H12N2/c1-13-7-10(6-12-13)8-2-4-9(5-3-8)11(14)15;1-9-3-5-10(6-4-9)11-7-12-13(2)8-11/h2-7H,1H3,(H,14,15);3-8H,1-2H3. The minimum atomic E-state index is -0.910. The van der Waals surface area contributed by atoms with Crippen LogP contribution in [0.25, 0.3) is 22.3 Å². The van der Waals surface area contributed by atoms with E-state index in [0.717, 1.165) is 11.1 Å². The molecule has 2 aromatic carbocycles. The van der Waals surface area contributed by atoms with Gasteiger partial charge in [0.2, 0.25) is 0 Å². The van der Waals surface area contributed by atoms with Crippen molar-refractivity contribution in [2.75, 3.05) is 0 Å². The quantitative estimate of drug-likeness (QED) is 0.584. The lowest BCUT2D eigenvalue weighted by Crippen LogP contribution is -1.94. The summed E-state index contributed by atoms with van der Waals surface area (Å²) in [5.41, 5.74) is 5.92. The molecular weight excluding hydrogens is 352 g/mol. The lowest BCUT2D eigenvalue weighted by atomic mass is 10.1. The number of benzene rings is 2. The molecule has 0 saturated carbocycles. The minimum absolute atomic E-state index is 0.294. The van der Waals surface area contributed by atoms with Crippen LogP contribution in [-0.2, 0) is 14.1 Å². The largest absolute Gasteiger partial charge is 0.478 e. The van der Waals surface area contributed by atoms with E-state index in [4.69, 9.17) is 5.11 Å². The van der Waals surface area contributed by atoms with E-state index in [2.05, 4.69) is 41.4 Å². The zero-order chi connectivity index (χ0) is 20.1. The summed E-state index contributed by atoms with van der Waals surface area (Å²) in [6.45, 7) is 2.09. The summed E-state index contributed by atoms with van der Waals surface area (Å²) in [5.74, 6) is -0.910. The summed E-state index contributed by atoms with van der Waals surface area (Å²) >= 11 is 0. The highest BCUT2D eigenvalue weighted by Gasteiger charge is 2.04. The average Bonchev–Trinajstić information content (AvgIpc) is 3.31. The van der Waals surface area contributed by atoms with Gasteiger partial charge in [0, 0.05) is 37.6 Å². The monoisotopic (exact) mass is 374 g/mol. The number of hydrogen-bond donors (Lipinski definition) is 1. The topological polar surface area (TPSA) is 72.9 Å². The number of nitrogens with zero attached hydrogens (tertiary/aromatic N) is 4. The summed E-state index contributed by atoms with van der Waals surface area (Å²) in [7, 11) is 3.77. The number of carbonyl (C=O) groups is 1. The van der Waals surface area contributed by atoms with Crippen molar-refractivity contribution in [3.63, 3.8) is 0 Å². The molecule has 2 aromatic heterocycles. The molecule has 0 saturated heterocycles. The van der Waals surface area contributed by atoms with E-state index in [1.54, 1.807) is 35.1 Å². The number of aryl methyl sites for hydroxylation is 3. The summed E-state index contributed by atoms with van der Waals surface area (Å²) in [6.07, 6.45) is 7.53. The van der Waals surface area contributed by atoms with Crippen LogP contribution in [0.5, 0.6) is 0 Å². The Kier molecular flexibility index (Phi) is 5.69. The summed E-state index contributed by atoms with van der Waals surface area (Å²) in [6, 6.07) is 15.2. The van der Waals surface area contributed by atoms with E-state index in [9.17, 15) is 4.79 Å². The van der Waals surface area contributed by atoms with Gasteiger partial charge in [-0.3, -0.25) is 9.36 Å². The highest BCUT2D eigenvalue weighted by molar-refractivity contribution is 5.88. The van der Waals surface area contributed by atoms with Crippen molar-refractivity contribution < 1.29 is 9.90 Å². The fourth-order valence-corrected chi connectivity index (χ4v) is 2.69. The molecule has 0 unspecified atom stereocenters. The summed E-state index contributed by atoms with van der Waals surface area (Å²) < 4.78 is 3.52. The predicted octanol–water partition coefficient (Wildman–Crippen LogP) is 4.18. The van der Waals surface area contributed by atoms with Gasteiger partial charge < -0.3 is 5.11 Å². The van der Waals surface area contributed by atoms with E-state index in [1.165, 1.54) is 16.7 Å². The van der Waals surface area contributed by atoms with E-state index in [1.807, 2.05) is 37.4 Å². The Morgan fingerprint density at radius 3 is 1.54 bits per heavy atom. The van der Waals surface area contributed by atoms with Crippen LogP contribution in [0.15, 0.2) is 73.3 Å². The molecule has 1 N–H and O–H groups in total. The van der Waals surface area contributed by atoms with Gasteiger partial charge in [-0.15, -0.1) is 0 Å². The molecule has 6 heteroatoms. The highest BCUT2D eigenvalue weighted by atomic mass is 16.4. The maximum absolute atomic E-state index is 10.6. The number of hydrogen-bond acceptors (Lipinski definition) is 3. The summed E-state index contributed by atoms with van der Waals surface area (Å²) in [5, 5.41) is 16.9. The van der Waals surface area contributed by atoms with Crippen LogP contribution >= 0.6 is 0 Å². The van der Waals surface area contributed by atoms with Crippen LogP contribution in [0.3, 0.4) is 0 Å². The second kappa shape index (κ2) is 8.35. The van der Waals surface area contributed by atoms with Gasteiger partial charge in [-0.25, -0.2) is 4.79 Å². The molecule has 4 aromatic rings. The zero-order valence-corrected chi connectivity index (χ0v) is 16.1. The Hall–Kier alpha value is -3.67. The molecule has 28 heavy (non-hydrogen) atoms. The third kappa shape index (κ3) is 4.73. The van der Waals surface area contributed by atoms with Gasteiger partial charge in [0.25, 0.3) is 0 Å². The summed E-state index contributed by atoms with van der Waals surface area (Å²) in [4.78, 5) is 10.6. The Morgan fingerprint density at radius 2 is 1.18 bits per heavy atom. The number of carboxylic acid groups (broad SMARTS) is 1. The number of aromatic nitrogens is 4. The Bertz CT molecular complexity index is 1060. The first-order valence-electron chi connectivity index (χ1n) is 8.80. The molecule has 0 aliphatic carbocycles. The van der Waals surface area contributed by atoms with Gasteiger partial charge in [-0.2, -0.15) is 10.2 Å². The predicted molar refractivity (Wildman–Crippen MR) is 109 cm³/mol. The molecule has 6 nitrogen and oxygen atoms in total. The highest BCUT2D eigenvalue weighted by Crippen LogP contribution is 2.19. The first kappa shape index (κ1) is 19.1. The number of rotatable bonds is 3. The van der Waals surface area contributed by atoms with E-state index >= 15 is 0 Å². The van der Waals surface area contributed by atoms with Crippen LogP contribution in [0.4, 0.5) is 0 Å². The smallest absolute Gasteiger partial charge is 0.335 e. The Balaban J connectivity index is 0.000000162. The molecule has 0 atom stereocenters. The van der Waals surface area contributed by atoms with Crippen LogP contribution in [0.1, 0.15) is 15.9 Å². The fourth-order valence-electron chi connectivity index (χ4n) is 2.69. The molecule has 142 valence electrons. The SMILES string of the molecule is Cc1ccc(-c2cnn(C)c2)cc1.Cn1cc(-c2ccc(C(=O)O)cc2)cn1. The maximum atomic E-state index is 10.6. The molecule has 0 aliphatic heterocycles. The van der Waals surface area contributed by atoms with Gasteiger partial charge in [0.15, 0.2) is 0 Å². The zero-order valence-electron chi connectivity index (χ0n) is 16.1. The molecule has 0 aliphatic rings. The van der Waals surface area contributed by atoms with Crippen molar-refractivity contribution in [1.82, 2.24) is 19.6 Å². The van der Waals surface area contributed by atoms with Gasteiger partial charge in [-0.1, -0.05) is 42.0 Å². The third-order valence-electron chi connectivity index (χ3n) is 4.26. The van der Waals surface area contributed by atoms with Gasteiger partial charge in [-0.05, 0) is 30.2 Å². The first-order chi connectivity index (χ1) is 13.4. The van der Waals surface area contributed by atoms with Gasteiger partial charge in [0.1, 0.15) is 0 Å². The molecule has 4 rings (SSSR count). The average molecular weight is 374 g/mol. The van der Waals surface area contributed by atoms with Crippen LogP contribution in [-0.4, -0.2) is 30.6 Å². The van der Waals surface area contributed by atoms with Crippen molar-refractivity contribution in [3.8, 4) is 22.3 Å². The maximum Gasteiger partial charge on any atom is 0.335 e. The first-order valence-corrected chi connectivity index (χ1v) is 8.80. The molecular formula is C22H22N4O2. The number of carboxylic acids is 1. The van der Waals surface area contributed by atoms with Gasteiger partial charge >= 0.3 is 5.97 Å². The van der Waals surface area contributed by atoms with E-state index in [0.29, 0.717) is 5.56 Å². The van der Waals surface area contributed by atoms with Crippen LogP contribution in [0, 0.1) is 6.92 Å². The molecule has 0 spiro atoms. The lowest BCUT2D eigenvalue weighted by Gasteiger charge is -1.97. The van der Waals surface area contributed by atoms with Crippen molar-refractivity contribution in [3.05, 3.63) is 84.4 Å². The Morgan fingerprint density at radius 1 is 0.750 bits per heavy atom. The molecule has 0 fully saturated rings.